The van der Waals surface area contributed by atoms with Crippen LogP contribution in [0.15, 0.2) is 66.2 Å². The second-order valence-electron chi connectivity index (χ2n) is 5.91. The van der Waals surface area contributed by atoms with Crippen LogP contribution >= 0.6 is 0 Å². The first-order chi connectivity index (χ1) is 10.1. The van der Waals surface area contributed by atoms with Gasteiger partial charge in [0.1, 0.15) is 11.4 Å². The molecular formula is C19H18O2. The lowest BCUT2D eigenvalue weighted by atomic mass is 9.93. The van der Waals surface area contributed by atoms with Crippen molar-refractivity contribution in [2.45, 2.75) is 25.9 Å². The number of Topliss-reactive ketones (excluding diaryl/α,β-unsaturated/α-hetero) is 1. The summed E-state index contributed by atoms with van der Waals surface area (Å²) in [6.07, 6.45) is 0.630. The standard InChI is InChI=1S/C19H18O2/c1-19(2)13-16(17(20)14-9-5-3-6-10-14)18(21-19)15-11-7-4-8-12-15/h3-12H,13H2,1-2H3. The number of rotatable bonds is 3. The van der Waals surface area contributed by atoms with E-state index in [2.05, 4.69) is 0 Å². The molecule has 2 heteroatoms. The first-order valence-corrected chi connectivity index (χ1v) is 7.14. The number of ether oxygens (including phenoxy) is 1. The van der Waals surface area contributed by atoms with Gasteiger partial charge >= 0.3 is 0 Å². The zero-order valence-corrected chi connectivity index (χ0v) is 12.3. The molecule has 0 fully saturated rings. The summed E-state index contributed by atoms with van der Waals surface area (Å²) in [5.41, 5.74) is 2.09. The molecule has 1 aliphatic heterocycles. The number of hydrogen-bond donors (Lipinski definition) is 0. The molecule has 0 saturated carbocycles. The van der Waals surface area contributed by atoms with Crippen LogP contribution in [0.4, 0.5) is 0 Å². The van der Waals surface area contributed by atoms with Gasteiger partial charge in [-0.15, -0.1) is 0 Å². The number of hydrogen-bond acceptors (Lipinski definition) is 2. The second kappa shape index (κ2) is 5.21. The van der Waals surface area contributed by atoms with Gasteiger partial charge in [0.15, 0.2) is 5.78 Å². The van der Waals surface area contributed by atoms with Crippen molar-refractivity contribution >= 4 is 11.5 Å². The molecule has 1 heterocycles. The second-order valence-corrected chi connectivity index (χ2v) is 5.91. The van der Waals surface area contributed by atoms with E-state index in [0.717, 1.165) is 16.9 Å². The monoisotopic (exact) mass is 278 g/mol. The zero-order chi connectivity index (χ0) is 14.9. The minimum absolute atomic E-state index is 0.0556. The molecule has 2 aromatic carbocycles. The van der Waals surface area contributed by atoms with Crippen LogP contribution in [0.3, 0.4) is 0 Å². The molecule has 1 aliphatic rings. The number of ketones is 1. The highest BCUT2D eigenvalue weighted by Crippen LogP contribution is 2.40. The summed E-state index contributed by atoms with van der Waals surface area (Å²) in [5, 5.41) is 0. The van der Waals surface area contributed by atoms with Gasteiger partial charge in [-0.05, 0) is 13.8 Å². The Bertz CT molecular complexity index is 682. The first kappa shape index (κ1) is 13.6. The third-order valence-corrected chi connectivity index (χ3v) is 3.60. The molecule has 0 bridgehead atoms. The Morgan fingerprint density at radius 3 is 2.14 bits per heavy atom. The Labute approximate surface area is 125 Å². The largest absolute Gasteiger partial charge is 0.486 e. The van der Waals surface area contributed by atoms with Crippen molar-refractivity contribution in [1.82, 2.24) is 0 Å². The lowest BCUT2D eigenvalue weighted by Crippen LogP contribution is -2.18. The highest BCUT2D eigenvalue weighted by Gasteiger charge is 2.36. The molecule has 0 aliphatic carbocycles. The minimum Gasteiger partial charge on any atom is -0.486 e. The van der Waals surface area contributed by atoms with Crippen LogP contribution in [0.5, 0.6) is 0 Å². The molecule has 0 spiro atoms. The Morgan fingerprint density at radius 2 is 1.52 bits per heavy atom. The van der Waals surface area contributed by atoms with Crippen LogP contribution in [-0.2, 0) is 4.74 Å². The number of carbonyl (C=O) groups excluding carboxylic acids is 1. The third kappa shape index (κ3) is 2.75. The van der Waals surface area contributed by atoms with Crippen LogP contribution < -0.4 is 0 Å². The van der Waals surface area contributed by atoms with E-state index in [0.29, 0.717) is 12.0 Å². The molecule has 2 aromatic rings. The smallest absolute Gasteiger partial charge is 0.192 e. The van der Waals surface area contributed by atoms with Crippen molar-refractivity contribution in [2.24, 2.45) is 0 Å². The molecular weight excluding hydrogens is 260 g/mol. The molecule has 3 rings (SSSR count). The molecule has 0 radical (unpaired) electrons. The summed E-state index contributed by atoms with van der Waals surface area (Å²) < 4.78 is 6.05. The van der Waals surface area contributed by atoms with E-state index in [1.807, 2.05) is 74.5 Å². The van der Waals surface area contributed by atoms with Gasteiger partial charge in [-0.1, -0.05) is 60.7 Å². The van der Waals surface area contributed by atoms with Gasteiger partial charge in [-0.2, -0.15) is 0 Å². The van der Waals surface area contributed by atoms with Gasteiger partial charge in [0.2, 0.25) is 0 Å². The number of carbonyl (C=O) groups is 1. The predicted octanol–water partition coefficient (Wildman–Crippen LogP) is 4.48. The molecule has 0 amide bonds. The van der Waals surface area contributed by atoms with Crippen LogP contribution in [0.25, 0.3) is 5.76 Å². The van der Waals surface area contributed by atoms with Crippen LogP contribution in [-0.4, -0.2) is 11.4 Å². The maximum Gasteiger partial charge on any atom is 0.192 e. The van der Waals surface area contributed by atoms with E-state index in [9.17, 15) is 4.79 Å². The van der Waals surface area contributed by atoms with Crippen molar-refractivity contribution in [1.29, 1.82) is 0 Å². The summed E-state index contributed by atoms with van der Waals surface area (Å²) in [6.45, 7) is 4.03. The van der Waals surface area contributed by atoms with Crippen molar-refractivity contribution in [2.75, 3.05) is 0 Å². The lowest BCUT2D eigenvalue weighted by molar-refractivity contribution is 0.0956. The van der Waals surface area contributed by atoms with Gasteiger partial charge in [0.05, 0.1) is 0 Å². The van der Waals surface area contributed by atoms with Crippen molar-refractivity contribution in [3.8, 4) is 0 Å². The van der Waals surface area contributed by atoms with Gasteiger partial charge in [0, 0.05) is 23.1 Å². The summed E-state index contributed by atoms with van der Waals surface area (Å²) in [6, 6.07) is 19.2. The van der Waals surface area contributed by atoms with E-state index in [1.54, 1.807) is 0 Å². The predicted molar refractivity (Wildman–Crippen MR) is 83.9 cm³/mol. The Hall–Kier alpha value is -2.35. The van der Waals surface area contributed by atoms with Gasteiger partial charge in [-0.3, -0.25) is 4.79 Å². The lowest BCUT2D eigenvalue weighted by Gasteiger charge is -2.19. The Balaban J connectivity index is 2.06. The number of benzene rings is 2. The molecule has 21 heavy (non-hydrogen) atoms. The van der Waals surface area contributed by atoms with Gasteiger partial charge < -0.3 is 4.74 Å². The van der Waals surface area contributed by atoms with Crippen LogP contribution in [0.2, 0.25) is 0 Å². The van der Waals surface area contributed by atoms with E-state index in [4.69, 9.17) is 4.74 Å². The fourth-order valence-corrected chi connectivity index (χ4v) is 2.65. The van der Waals surface area contributed by atoms with Crippen molar-refractivity contribution in [3.05, 3.63) is 77.4 Å². The van der Waals surface area contributed by atoms with E-state index < -0.39 is 0 Å². The molecule has 106 valence electrons. The molecule has 0 atom stereocenters. The maximum absolute atomic E-state index is 12.8. The molecule has 0 N–H and O–H groups in total. The van der Waals surface area contributed by atoms with Crippen molar-refractivity contribution in [3.63, 3.8) is 0 Å². The fraction of sp³-hybridized carbons (Fsp3) is 0.211. The van der Waals surface area contributed by atoms with E-state index in [1.165, 1.54) is 0 Å². The normalized spacial score (nSPS) is 16.7. The van der Waals surface area contributed by atoms with Gasteiger partial charge in [-0.25, -0.2) is 0 Å². The molecule has 0 saturated heterocycles. The van der Waals surface area contributed by atoms with Crippen LogP contribution in [0.1, 0.15) is 36.2 Å². The molecule has 0 aromatic heterocycles. The Morgan fingerprint density at radius 1 is 0.952 bits per heavy atom. The fourth-order valence-electron chi connectivity index (χ4n) is 2.65. The zero-order valence-electron chi connectivity index (χ0n) is 12.3. The third-order valence-electron chi connectivity index (χ3n) is 3.60. The molecule has 0 unspecified atom stereocenters. The quantitative estimate of drug-likeness (QED) is 0.774. The highest BCUT2D eigenvalue weighted by atomic mass is 16.5. The minimum atomic E-state index is -0.342. The van der Waals surface area contributed by atoms with Crippen LogP contribution in [0, 0.1) is 0 Å². The maximum atomic E-state index is 12.8. The highest BCUT2D eigenvalue weighted by molar-refractivity contribution is 6.13. The van der Waals surface area contributed by atoms with E-state index in [-0.39, 0.29) is 11.4 Å². The van der Waals surface area contributed by atoms with E-state index >= 15 is 0 Å². The topological polar surface area (TPSA) is 26.3 Å². The van der Waals surface area contributed by atoms with Crippen molar-refractivity contribution < 1.29 is 9.53 Å². The molecule has 2 nitrogen and oxygen atoms in total. The van der Waals surface area contributed by atoms with Gasteiger partial charge in [0.25, 0.3) is 0 Å². The summed E-state index contributed by atoms with van der Waals surface area (Å²) in [5.74, 6) is 0.773. The first-order valence-electron chi connectivity index (χ1n) is 7.14. The summed E-state index contributed by atoms with van der Waals surface area (Å²) in [4.78, 5) is 12.8. The summed E-state index contributed by atoms with van der Waals surface area (Å²) in [7, 11) is 0. The Kier molecular flexibility index (Phi) is 3.38. The SMILES string of the molecule is CC1(C)CC(C(=O)c2ccccc2)=C(c2ccccc2)O1. The average molecular weight is 278 g/mol. The summed E-state index contributed by atoms with van der Waals surface area (Å²) >= 11 is 0. The average Bonchev–Trinajstić information content (AvgIpc) is 2.84.